The molecule has 0 spiro atoms. The smallest absolute Gasteiger partial charge is 0.220 e. The number of amides is 1. The fourth-order valence-electron chi connectivity index (χ4n) is 8.02. The molecule has 0 aliphatic carbocycles. The molecule has 1 aliphatic heterocycles. The van der Waals surface area contributed by atoms with E-state index in [0.29, 0.717) is 6.42 Å². The van der Waals surface area contributed by atoms with E-state index in [1.807, 2.05) is 6.08 Å². The minimum Gasteiger partial charge on any atom is -0.394 e. The number of hydrogen-bond donors (Lipinski definition) is 6. The summed E-state index contributed by atoms with van der Waals surface area (Å²) >= 11 is 0. The molecule has 9 heteroatoms. The van der Waals surface area contributed by atoms with Crippen molar-refractivity contribution >= 4 is 5.91 Å². The van der Waals surface area contributed by atoms with Crippen LogP contribution in [0.4, 0.5) is 0 Å². The molecule has 0 saturated carbocycles. The van der Waals surface area contributed by atoms with Crippen LogP contribution in [0.3, 0.4) is 0 Å². The summed E-state index contributed by atoms with van der Waals surface area (Å²) in [6, 6.07) is -0.800. The Labute approximate surface area is 356 Å². The number of ether oxygens (including phenoxy) is 2. The fraction of sp³-hybridized carbons (Fsp3) is 0.939. The third-order valence-electron chi connectivity index (χ3n) is 12.4. The summed E-state index contributed by atoms with van der Waals surface area (Å²) in [5.41, 5.74) is 0. The van der Waals surface area contributed by atoms with Gasteiger partial charge in [0.1, 0.15) is 24.4 Å². The minimum atomic E-state index is -1.56. The SMILES string of the molecule is CCCCCCCCCCCCCCCCCCCCCCCCCC(=O)NC(COC1OC(CO)C(O)C(O)C1O)C(O)C=CCCCCCCCCC(C)CC. The van der Waals surface area contributed by atoms with Crippen molar-refractivity contribution in [3.8, 4) is 0 Å². The van der Waals surface area contributed by atoms with Gasteiger partial charge >= 0.3 is 0 Å². The average molecular weight is 826 g/mol. The van der Waals surface area contributed by atoms with Gasteiger partial charge in [-0.2, -0.15) is 0 Å². The van der Waals surface area contributed by atoms with Crippen molar-refractivity contribution in [2.45, 2.75) is 276 Å². The Balaban J connectivity index is 2.24. The van der Waals surface area contributed by atoms with Crippen LogP contribution < -0.4 is 5.32 Å². The van der Waals surface area contributed by atoms with Crippen molar-refractivity contribution in [3.05, 3.63) is 12.2 Å². The summed E-state index contributed by atoms with van der Waals surface area (Å²) in [6.45, 7) is 6.11. The predicted octanol–water partition coefficient (Wildman–Crippen LogP) is 10.8. The van der Waals surface area contributed by atoms with E-state index in [9.17, 15) is 30.3 Å². The first kappa shape index (κ1) is 54.9. The lowest BCUT2D eigenvalue weighted by atomic mass is 9.99. The second-order valence-corrected chi connectivity index (χ2v) is 17.9. The van der Waals surface area contributed by atoms with Gasteiger partial charge in [-0.1, -0.05) is 219 Å². The molecule has 1 heterocycles. The topological polar surface area (TPSA) is 149 Å². The second-order valence-electron chi connectivity index (χ2n) is 17.9. The van der Waals surface area contributed by atoms with Gasteiger partial charge in [0.15, 0.2) is 6.29 Å². The number of nitrogens with one attached hydrogen (secondary N) is 1. The van der Waals surface area contributed by atoms with Crippen molar-refractivity contribution in [2.24, 2.45) is 5.92 Å². The Kier molecular flexibility index (Phi) is 36.8. The van der Waals surface area contributed by atoms with Gasteiger partial charge in [0.25, 0.3) is 0 Å². The van der Waals surface area contributed by atoms with Gasteiger partial charge in [-0.3, -0.25) is 4.79 Å². The van der Waals surface area contributed by atoms with E-state index >= 15 is 0 Å². The third-order valence-corrected chi connectivity index (χ3v) is 12.4. The summed E-state index contributed by atoms with van der Waals surface area (Å²) in [4.78, 5) is 13.0. The molecule has 8 unspecified atom stereocenters. The molecule has 0 aromatic heterocycles. The van der Waals surface area contributed by atoms with Gasteiger partial charge in [-0.05, 0) is 25.2 Å². The number of aliphatic hydroxyl groups is 5. The van der Waals surface area contributed by atoms with Crippen LogP contribution in [-0.4, -0.2) is 87.5 Å². The molecule has 0 radical (unpaired) electrons. The van der Waals surface area contributed by atoms with E-state index in [1.54, 1.807) is 6.08 Å². The van der Waals surface area contributed by atoms with E-state index in [4.69, 9.17) is 9.47 Å². The lowest BCUT2D eigenvalue weighted by molar-refractivity contribution is -0.302. The van der Waals surface area contributed by atoms with Gasteiger partial charge in [-0.15, -0.1) is 0 Å². The molecule has 0 aromatic carbocycles. The molecule has 1 rings (SSSR count). The summed E-state index contributed by atoms with van der Waals surface area (Å²) < 4.78 is 11.2. The summed E-state index contributed by atoms with van der Waals surface area (Å²) in [6.07, 6.45) is 37.0. The molecule has 8 atom stereocenters. The first-order chi connectivity index (χ1) is 28.2. The molecule has 9 nitrogen and oxygen atoms in total. The second kappa shape index (κ2) is 38.8. The molecule has 1 saturated heterocycles. The van der Waals surface area contributed by atoms with E-state index in [1.165, 1.54) is 167 Å². The Morgan fingerprint density at radius 3 is 1.55 bits per heavy atom. The normalized spacial score (nSPS) is 21.4. The third kappa shape index (κ3) is 29.2. The van der Waals surface area contributed by atoms with Gasteiger partial charge in [-0.25, -0.2) is 0 Å². The fourth-order valence-corrected chi connectivity index (χ4v) is 8.02. The molecule has 1 aliphatic rings. The number of carbonyl (C=O) groups excluding carboxylic acids is 1. The molecule has 1 amide bonds. The van der Waals surface area contributed by atoms with Crippen LogP contribution in [0.1, 0.15) is 233 Å². The number of rotatable bonds is 41. The highest BCUT2D eigenvalue weighted by Gasteiger charge is 2.44. The van der Waals surface area contributed by atoms with Crippen LogP contribution >= 0.6 is 0 Å². The van der Waals surface area contributed by atoms with E-state index in [-0.39, 0.29) is 12.5 Å². The largest absolute Gasteiger partial charge is 0.394 e. The Bertz CT molecular complexity index is 934. The molecular formula is C49H95NO8. The lowest BCUT2D eigenvalue weighted by Gasteiger charge is -2.40. The number of allylic oxidation sites excluding steroid dienone is 1. The molecule has 0 bridgehead atoms. The Hall–Kier alpha value is -1.07. The zero-order valence-electron chi connectivity index (χ0n) is 38.0. The molecule has 1 fully saturated rings. The Morgan fingerprint density at radius 2 is 1.09 bits per heavy atom. The molecule has 0 aromatic rings. The van der Waals surface area contributed by atoms with Gasteiger partial charge < -0.3 is 40.3 Å². The van der Waals surface area contributed by atoms with E-state index < -0.39 is 49.5 Å². The van der Waals surface area contributed by atoms with Crippen LogP contribution in [0, 0.1) is 5.92 Å². The van der Waals surface area contributed by atoms with Crippen molar-refractivity contribution in [1.29, 1.82) is 0 Å². The van der Waals surface area contributed by atoms with Crippen LogP contribution in [0.15, 0.2) is 12.2 Å². The maximum atomic E-state index is 13.0. The van der Waals surface area contributed by atoms with Gasteiger partial charge in [0.2, 0.25) is 5.91 Å². The monoisotopic (exact) mass is 826 g/mol. The lowest BCUT2D eigenvalue weighted by Crippen LogP contribution is -2.60. The first-order valence-corrected chi connectivity index (χ1v) is 24.8. The average Bonchev–Trinajstić information content (AvgIpc) is 3.22. The van der Waals surface area contributed by atoms with Crippen molar-refractivity contribution < 1.29 is 39.8 Å². The molecule has 58 heavy (non-hydrogen) atoms. The Morgan fingerprint density at radius 1 is 0.638 bits per heavy atom. The van der Waals surface area contributed by atoms with Crippen molar-refractivity contribution in [1.82, 2.24) is 5.32 Å². The maximum absolute atomic E-state index is 13.0. The molecule has 6 N–H and O–H groups in total. The van der Waals surface area contributed by atoms with Gasteiger partial charge in [0.05, 0.1) is 25.4 Å². The van der Waals surface area contributed by atoms with E-state index in [0.717, 1.165) is 44.4 Å². The number of hydrogen-bond acceptors (Lipinski definition) is 8. The van der Waals surface area contributed by atoms with Crippen LogP contribution in [0.5, 0.6) is 0 Å². The first-order valence-electron chi connectivity index (χ1n) is 24.8. The highest BCUT2D eigenvalue weighted by Crippen LogP contribution is 2.23. The highest BCUT2D eigenvalue weighted by molar-refractivity contribution is 5.76. The summed E-state index contributed by atoms with van der Waals surface area (Å²) in [5.74, 6) is 0.641. The van der Waals surface area contributed by atoms with Crippen molar-refractivity contribution in [3.63, 3.8) is 0 Å². The number of aliphatic hydroxyl groups excluding tert-OH is 5. The standard InChI is InChI=1S/C49H95NO8/c1-4-6-7-8-9-10-11-12-13-14-15-16-17-18-19-20-21-22-23-24-29-32-35-38-45(53)50-42(40-57-49-48(56)47(55)46(54)44(39-51)58-49)43(52)37-34-31-28-26-25-27-30-33-36-41(3)5-2/h34,37,41-44,46-49,51-52,54-56H,4-33,35-36,38-40H2,1-3H3,(H,50,53). The maximum Gasteiger partial charge on any atom is 0.220 e. The summed E-state index contributed by atoms with van der Waals surface area (Å²) in [7, 11) is 0. The molecule has 344 valence electrons. The summed E-state index contributed by atoms with van der Waals surface area (Å²) in [5, 5.41) is 54.2. The zero-order valence-corrected chi connectivity index (χ0v) is 38.0. The van der Waals surface area contributed by atoms with Crippen LogP contribution in [0.2, 0.25) is 0 Å². The minimum absolute atomic E-state index is 0.174. The zero-order chi connectivity index (χ0) is 42.5. The van der Waals surface area contributed by atoms with Crippen LogP contribution in [-0.2, 0) is 14.3 Å². The van der Waals surface area contributed by atoms with Gasteiger partial charge in [0, 0.05) is 6.42 Å². The quantitative estimate of drug-likeness (QED) is 0.0264. The molecular weight excluding hydrogens is 731 g/mol. The predicted molar refractivity (Wildman–Crippen MR) is 240 cm³/mol. The van der Waals surface area contributed by atoms with E-state index in [2.05, 4.69) is 26.1 Å². The van der Waals surface area contributed by atoms with Crippen molar-refractivity contribution in [2.75, 3.05) is 13.2 Å². The highest BCUT2D eigenvalue weighted by atomic mass is 16.7. The van der Waals surface area contributed by atoms with Crippen LogP contribution in [0.25, 0.3) is 0 Å². The number of unbranched alkanes of at least 4 members (excludes halogenated alkanes) is 28. The number of carbonyl (C=O) groups is 1.